The fourth-order valence-electron chi connectivity index (χ4n) is 1.25. The van der Waals surface area contributed by atoms with Crippen molar-refractivity contribution in [3.05, 3.63) is 29.6 Å². The predicted octanol–water partition coefficient (Wildman–Crippen LogP) is 1.09. The fraction of sp³-hybridized carbons (Fsp3) is 0.333. The van der Waals surface area contributed by atoms with Crippen LogP contribution in [0.15, 0.2) is 18.2 Å². The Labute approximate surface area is 104 Å². The highest BCUT2D eigenvalue weighted by Crippen LogP contribution is 2.12. The van der Waals surface area contributed by atoms with Crippen LogP contribution in [-0.4, -0.2) is 24.5 Å². The number of nitrogens with one attached hydrogen (secondary N) is 1. The molecule has 98 valence electrons. The minimum absolute atomic E-state index is 0.0299. The third-order valence-corrected chi connectivity index (χ3v) is 2.02. The Morgan fingerprint density at radius 2 is 2.11 bits per heavy atom. The van der Waals surface area contributed by atoms with Crippen LogP contribution in [0.3, 0.4) is 0 Å². The van der Waals surface area contributed by atoms with Crippen molar-refractivity contribution < 1.29 is 18.7 Å². The molecule has 1 rings (SSSR count). The van der Waals surface area contributed by atoms with Crippen LogP contribution in [0, 0.1) is 5.82 Å². The van der Waals surface area contributed by atoms with E-state index in [-0.39, 0.29) is 23.9 Å². The maximum Gasteiger partial charge on any atom is 0.338 e. The van der Waals surface area contributed by atoms with E-state index >= 15 is 0 Å². The number of hydrogen-bond acceptors (Lipinski definition) is 4. The molecule has 0 fully saturated rings. The standard InChI is InChI=1S/C12H15FN2O3/c1-7(2)15-11(16)6-18-12(17)8-3-4-9(13)10(14)5-8/h3-5,7H,6,14H2,1-2H3,(H,15,16). The van der Waals surface area contributed by atoms with Crippen LogP contribution in [0.1, 0.15) is 24.2 Å². The molecule has 0 atom stereocenters. The van der Waals surface area contributed by atoms with E-state index in [1.54, 1.807) is 13.8 Å². The van der Waals surface area contributed by atoms with Gasteiger partial charge in [-0.05, 0) is 32.0 Å². The molecule has 0 heterocycles. The number of nitrogen functional groups attached to an aromatic ring is 1. The lowest BCUT2D eigenvalue weighted by molar-refractivity contribution is -0.124. The van der Waals surface area contributed by atoms with Crippen molar-refractivity contribution >= 4 is 17.6 Å². The topological polar surface area (TPSA) is 81.4 Å². The molecule has 0 aliphatic carbocycles. The number of rotatable bonds is 4. The molecular weight excluding hydrogens is 239 g/mol. The van der Waals surface area contributed by atoms with Crippen LogP contribution in [0.25, 0.3) is 0 Å². The third-order valence-electron chi connectivity index (χ3n) is 2.02. The van der Waals surface area contributed by atoms with Gasteiger partial charge < -0.3 is 15.8 Å². The molecule has 0 bridgehead atoms. The number of amides is 1. The lowest BCUT2D eigenvalue weighted by Gasteiger charge is -2.09. The second-order valence-electron chi connectivity index (χ2n) is 4.03. The second-order valence-corrected chi connectivity index (χ2v) is 4.03. The smallest absolute Gasteiger partial charge is 0.338 e. The van der Waals surface area contributed by atoms with Gasteiger partial charge in [0, 0.05) is 6.04 Å². The maximum atomic E-state index is 12.9. The van der Waals surface area contributed by atoms with Crippen LogP contribution in [0.4, 0.5) is 10.1 Å². The van der Waals surface area contributed by atoms with Crippen molar-refractivity contribution in [2.45, 2.75) is 19.9 Å². The van der Waals surface area contributed by atoms with Gasteiger partial charge in [-0.1, -0.05) is 0 Å². The highest BCUT2D eigenvalue weighted by Gasteiger charge is 2.12. The number of esters is 1. The number of nitrogens with two attached hydrogens (primary N) is 1. The number of hydrogen-bond donors (Lipinski definition) is 2. The highest BCUT2D eigenvalue weighted by atomic mass is 19.1. The SMILES string of the molecule is CC(C)NC(=O)COC(=O)c1ccc(F)c(N)c1. The lowest BCUT2D eigenvalue weighted by atomic mass is 10.2. The summed E-state index contributed by atoms with van der Waals surface area (Å²) in [6.07, 6.45) is 0. The van der Waals surface area contributed by atoms with Crippen LogP contribution in [0.2, 0.25) is 0 Å². The molecule has 1 amide bonds. The van der Waals surface area contributed by atoms with E-state index in [0.29, 0.717) is 0 Å². The van der Waals surface area contributed by atoms with Crippen LogP contribution in [-0.2, 0) is 9.53 Å². The Morgan fingerprint density at radius 1 is 1.44 bits per heavy atom. The van der Waals surface area contributed by atoms with E-state index < -0.39 is 17.7 Å². The van der Waals surface area contributed by atoms with Crippen LogP contribution < -0.4 is 11.1 Å². The Morgan fingerprint density at radius 3 is 2.67 bits per heavy atom. The monoisotopic (exact) mass is 254 g/mol. The number of carbonyl (C=O) groups excluding carboxylic acids is 2. The quantitative estimate of drug-likeness (QED) is 0.622. The summed E-state index contributed by atoms with van der Waals surface area (Å²) in [6, 6.07) is 3.45. The van der Waals surface area contributed by atoms with Gasteiger partial charge in [0.1, 0.15) is 5.82 Å². The van der Waals surface area contributed by atoms with Gasteiger partial charge in [0.2, 0.25) is 0 Å². The first kappa shape index (κ1) is 14.0. The summed E-state index contributed by atoms with van der Waals surface area (Å²) >= 11 is 0. The summed E-state index contributed by atoms with van der Waals surface area (Å²) in [5.74, 6) is -1.72. The van der Waals surface area contributed by atoms with Crippen molar-refractivity contribution in [2.24, 2.45) is 0 Å². The minimum Gasteiger partial charge on any atom is -0.452 e. The molecule has 6 heteroatoms. The molecule has 0 spiro atoms. The number of ether oxygens (including phenoxy) is 1. The molecule has 0 aliphatic rings. The summed E-state index contributed by atoms with van der Waals surface area (Å²) in [4.78, 5) is 22.8. The maximum absolute atomic E-state index is 12.9. The Hall–Kier alpha value is -2.11. The number of halogens is 1. The first-order chi connectivity index (χ1) is 8.40. The van der Waals surface area contributed by atoms with E-state index in [9.17, 15) is 14.0 Å². The molecule has 3 N–H and O–H groups in total. The largest absolute Gasteiger partial charge is 0.452 e. The van der Waals surface area contributed by atoms with E-state index in [4.69, 9.17) is 10.5 Å². The normalized spacial score (nSPS) is 10.2. The predicted molar refractivity (Wildman–Crippen MR) is 64.4 cm³/mol. The van der Waals surface area contributed by atoms with Crippen LogP contribution in [0.5, 0.6) is 0 Å². The average Bonchev–Trinajstić information content (AvgIpc) is 2.28. The summed E-state index contributed by atoms with van der Waals surface area (Å²) in [7, 11) is 0. The van der Waals surface area contributed by atoms with Crippen LogP contribution >= 0.6 is 0 Å². The molecule has 0 unspecified atom stereocenters. The Balaban J connectivity index is 2.55. The lowest BCUT2D eigenvalue weighted by Crippen LogP contribution is -2.34. The van der Waals surface area contributed by atoms with Crippen molar-refractivity contribution in [1.82, 2.24) is 5.32 Å². The van der Waals surface area contributed by atoms with Gasteiger partial charge in [-0.3, -0.25) is 4.79 Å². The fourth-order valence-corrected chi connectivity index (χ4v) is 1.25. The summed E-state index contributed by atoms with van der Waals surface area (Å²) in [5, 5.41) is 2.57. The van der Waals surface area contributed by atoms with E-state index in [2.05, 4.69) is 5.32 Å². The molecule has 0 aromatic heterocycles. The van der Waals surface area contributed by atoms with Crippen molar-refractivity contribution in [1.29, 1.82) is 0 Å². The van der Waals surface area contributed by atoms with Gasteiger partial charge >= 0.3 is 5.97 Å². The Kier molecular flexibility index (Phi) is 4.65. The van der Waals surface area contributed by atoms with Crippen molar-refractivity contribution in [2.75, 3.05) is 12.3 Å². The second kappa shape index (κ2) is 6.00. The number of carbonyl (C=O) groups is 2. The molecule has 0 aliphatic heterocycles. The van der Waals surface area contributed by atoms with Crippen molar-refractivity contribution in [3.63, 3.8) is 0 Å². The summed E-state index contributed by atoms with van der Waals surface area (Å²) in [6.45, 7) is 3.20. The van der Waals surface area contributed by atoms with Crippen molar-refractivity contribution in [3.8, 4) is 0 Å². The van der Waals surface area contributed by atoms with Gasteiger partial charge in [-0.2, -0.15) is 0 Å². The molecule has 5 nitrogen and oxygen atoms in total. The zero-order valence-corrected chi connectivity index (χ0v) is 10.2. The first-order valence-electron chi connectivity index (χ1n) is 5.41. The molecule has 18 heavy (non-hydrogen) atoms. The molecule has 1 aromatic rings. The molecule has 1 aromatic carbocycles. The summed E-state index contributed by atoms with van der Waals surface area (Å²) < 4.78 is 17.6. The molecule has 0 saturated heterocycles. The molecule has 0 saturated carbocycles. The Bertz CT molecular complexity index is 461. The van der Waals surface area contributed by atoms with E-state index in [1.807, 2.05) is 0 Å². The zero-order valence-electron chi connectivity index (χ0n) is 10.2. The van der Waals surface area contributed by atoms with Gasteiger partial charge in [-0.15, -0.1) is 0 Å². The first-order valence-corrected chi connectivity index (χ1v) is 5.41. The number of anilines is 1. The molecular formula is C12H15FN2O3. The van der Waals surface area contributed by atoms with Gasteiger partial charge in [0.15, 0.2) is 6.61 Å². The average molecular weight is 254 g/mol. The number of benzene rings is 1. The highest BCUT2D eigenvalue weighted by molar-refractivity contribution is 5.92. The third kappa shape index (κ3) is 4.04. The van der Waals surface area contributed by atoms with Gasteiger partial charge in [-0.25, -0.2) is 9.18 Å². The van der Waals surface area contributed by atoms with E-state index in [1.165, 1.54) is 6.07 Å². The summed E-state index contributed by atoms with van der Waals surface area (Å²) in [5.41, 5.74) is 5.28. The van der Waals surface area contributed by atoms with Gasteiger partial charge in [0.25, 0.3) is 5.91 Å². The van der Waals surface area contributed by atoms with E-state index in [0.717, 1.165) is 12.1 Å². The minimum atomic E-state index is -0.722. The zero-order chi connectivity index (χ0) is 13.7. The molecule has 0 radical (unpaired) electrons. The van der Waals surface area contributed by atoms with Gasteiger partial charge in [0.05, 0.1) is 11.3 Å².